The third-order valence-electron chi connectivity index (χ3n) is 3.62. The summed E-state index contributed by atoms with van der Waals surface area (Å²) in [6, 6.07) is 6.81. The molecule has 3 rings (SSSR count). The van der Waals surface area contributed by atoms with E-state index in [2.05, 4.69) is 20.8 Å². The van der Waals surface area contributed by atoms with Gasteiger partial charge in [-0.05, 0) is 37.1 Å². The molecule has 1 fully saturated rings. The monoisotopic (exact) mass is 314 g/mol. The summed E-state index contributed by atoms with van der Waals surface area (Å²) in [5.74, 6) is 0.519. The number of hydrogen-bond donors (Lipinski definition) is 3. The average Bonchev–Trinajstić information content (AvgIpc) is 3.24. The predicted octanol–water partition coefficient (Wildman–Crippen LogP) is 2.51. The van der Waals surface area contributed by atoms with Crippen LogP contribution in [0.4, 0.5) is 11.4 Å². The van der Waals surface area contributed by atoms with Gasteiger partial charge in [0.1, 0.15) is 5.75 Å². The molecule has 0 bridgehead atoms. The van der Waals surface area contributed by atoms with E-state index in [4.69, 9.17) is 4.74 Å². The third kappa shape index (κ3) is 3.50. The summed E-state index contributed by atoms with van der Waals surface area (Å²) in [5.41, 5.74) is 2.40. The normalized spacial score (nSPS) is 13.5. The lowest BCUT2D eigenvalue weighted by Crippen LogP contribution is -2.13. The summed E-state index contributed by atoms with van der Waals surface area (Å²) in [6.45, 7) is 1.41. The van der Waals surface area contributed by atoms with Crippen LogP contribution in [0.2, 0.25) is 0 Å². The Kier molecular flexibility index (Phi) is 4.01. The number of methoxy groups -OCH3 is 1. The van der Waals surface area contributed by atoms with Crippen LogP contribution in [0.1, 0.15) is 41.9 Å². The van der Waals surface area contributed by atoms with Crippen LogP contribution in [-0.4, -0.2) is 29.1 Å². The number of hydrogen-bond acceptors (Lipinski definition) is 4. The number of H-pyrrole nitrogens is 1. The molecule has 1 aliphatic rings. The molecule has 1 aromatic carbocycles. The second-order valence-electron chi connectivity index (χ2n) is 5.53. The fourth-order valence-corrected chi connectivity index (χ4v) is 2.32. The van der Waals surface area contributed by atoms with Gasteiger partial charge in [-0.3, -0.25) is 14.7 Å². The summed E-state index contributed by atoms with van der Waals surface area (Å²) in [5, 5.41) is 12.4. The minimum absolute atomic E-state index is 0.215. The van der Waals surface area contributed by atoms with Gasteiger partial charge in [-0.15, -0.1) is 0 Å². The molecule has 0 radical (unpaired) electrons. The Bertz CT molecular complexity index is 750. The molecule has 0 saturated heterocycles. The second kappa shape index (κ2) is 6.12. The van der Waals surface area contributed by atoms with Crippen molar-refractivity contribution < 1.29 is 14.3 Å². The number of ether oxygens (including phenoxy) is 1. The van der Waals surface area contributed by atoms with Crippen LogP contribution in [0.25, 0.3) is 0 Å². The van der Waals surface area contributed by atoms with E-state index in [-0.39, 0.29) is 11.8 Å². The Morgan fingerprint density at radius 3 is 2.70 bits per heavy atom. The quantitative estimate of drug-likeness (QED) is 0.790. The summed E-state index contributed by atoms with van der Waals surface area (Å²) in [6.07, 6.45) is 2.28. The van der Waals surface area contributed by atoms with Crippen LogP contribution < -0.4 is 15.4 Å². The fraction of sp³-hybridized carbons (Fsp3) is 0.312. The minimum Gasteiger partial charge on any atom is -0.495 e. The summed E-state index contributed by atoms with van der Waals surface area (Å²) in [7, 11) is 1.52. The van der Waals surface area contributed by atoms with Crippen molar-refractivity contribution in [3.63, 3.8) is 0 Å². The molecule has 120 valence electrons. The first-order chi connectivity index (χ1) is 11.1. The number of rotatable bonds is 5. The molecule has 1 aliphatic carbocycles. The molecule has 0 aliphatic heterocycles. The lowest BCUT2D eigenvalue weighted by Gasteiger charge is -2.11. The van der Waals surface area contributed by atoms with Gasteiger partial charge in [-0.25, -0.2) is 0 Å². The Balaban J connectivity index is 1.75. The minimum atomic E-state index is -0.299. The van der Waals surface area contributed by atoms with Crippen LogP contribution in [0, 0.1) is 0 Å². The van der Waals surface area contributed by atoms with Crippen LogP contribution in [-0.2, 0) is 4.79 Å². The predicted molar refractivity (Wildman–Crippen MR) is 85.8 cm³/mol. The van der Waals surface area contributed by atoms with Crippen molar-refractivity contribution in [2.24, 2.45) is 0 Å². The summed E-state index contributed by atoms with van der Waals surface area (Å²) >= 11 is 0. The number of aromatic amines is 1. The Labute approximate surface area is 133 Å². The van der Waals surface area contributed by atoms with E-state index < -0.39 is 0 Å². The maximum Gasteiger partial charge on any atom is 0.276 e. The van der Waals surface area contributed by atoms with Crippen molar-refractivity contribution in [1.29, 1.82) is 0 Å². The topological polar surface area (TPSA) is 96.1 Å². The maximum atomic E-state index is 12.2. The molecule has 0 atom stereocenters. The first kappa shape index (κ1) is 15.1. The molecule has 1 heterocycles. The van der Waals surface area contributed by atoms with Gasteiger partial charge in [0.25, 0.3) is 5.91 Å². The molecule has 23 heavy (non-hydrogen) atoms. The highest BCUT2D eigenvalue weighted by molar-refractivity contribution is 6.03. The van der Waals surface area contributed by atoms with Crippen LogP contribution in [0.3, 0.4) is 0 Å². The highest BCUT2D eigenvalue weighted by Gasteiger charge is 2.26. The van der Waals surface area contributed by atoms with Gasteiger partial charge >= 0.3 is 0 Å². The van der Waals surface area contributed by atoms with Crippen LogP contribution >= 0.6 is 0 Å². The van der Waals surface area contributed by atoms with E-state index in [1.807, 2.05) is 0 Å². The highest BCUT2D eigenvalue weighted by atomic mass is 16.5. The van der Waals surface area contributed by atoms with Gasteiger partial charge in [0.05, 0.1) is 12.8 Å². The number of benzene rings is 1. The maximum absolute atomic E-state index is 12.2. The molecular weight excluding hydrogens is 296 g/mol. The summed E-state index contributed by atoms with van der Waals surface area (Å²) in [4.78, 5) is 23.5. The van der Waals surface area contributed by atoms with Crippen LogP contribution in [0.5, 0.6) is 5.75 Å². The highest BCUT2D eigenvalue weighted by Crippen LogP contribution is 2.39. The number of aromatic nitrogens is 2. The third-order valence-corrected chi connectivity index (χ3v) is 3.62. The van der Waals surface area contributed by atoms with E-state index in [0.29, 0.717) is 28.7 Å². The SMILES string of the molecule is COc1ccc(NC(=O)c2cc(C3CC3)[nH]n2)cc1NC(C)=O. The zero-order valence-electron chi connectivity index (χ0n) is 13.0. The second-order valence-corrected chi connectivity index (χ2v) is 5.53. The zero-order valence-corrected chi connectivity index (χ0v) is 13.0. The number of nitrogens with one attached hydrogen (secondary N) is 3. The fourth-order valence-electron chi connectivity index (χ4n) is 2.32. The van der Waals surface area contributed by atoms with Crippen molar-refractivity contribution >= 4 is 23.2 Å². The van der Waals surface area contributed by atoms with Crippen LogP contribution in [0.15, 0.2) is 24.3 Å². The molecule has 0 spiro atoms. The van der Waals surface area contributed by atoms with E-state index in [9.17, 15) is 9.59 Å². The lowest BCUT2D eigenvalue weighted by atomic mass is 10.2. The number of nitrogens with zero attached hydrogens (tertiary/aromatic N) is 1. The van der Waals surface area contributed by atoms with Gasteiger partial charge < -0.3 is 15.4 Å². The molecule has 1 aromatic heterocycles. The molecule has 3 N–H and O–H groups in total. The van der Waals surface area contributed by atoms with Crippen molar-refractivity contribution in [3.8, 4) is 5.75 Å². The number of anilines is 2. The van der Waals surface area contributed by atoms with Gasteiger partial charge in [0.2, 0.25) is 5.91 Å². The molecule has 7 nitrogen and oxygen atoms in total. The Hall–Kier alpha value is -2.83. The lowest BCUT2D eigenvalue weighted by molar-refractivity contribution is -0.114. The number of carbonyl (C=O) groups is 2. The average molecular weight is 314 g/mol. The van der Waals surface area contributed by atoms with Crippen molar-refractivity contribution in [2.45, 2.75) is 25.7 Å². The van der Waals surface area contributed by atoms with Gasteiger partial charge in [-0.2, -0.15) is 5.10 Å². The number of amides is 2. The van der Waals surface area contributed by atoms with Gasteiger partial charge in [0.15, 0.2) is 5.69 Å². The number of carbonyl (C=O) groups excluding carboxylic acids is 2. The van der Waals surface area contributed by atoms with E-state index in [1.54, 1.807) is 24.3 Å². The molecular formula is C16H18N4O3. The van der Waals surface area contributed by atoms with Gasteiger partial charge in [0, 0.05) is 24.2 Å². The summed E-state index contributed by atoms with van der Waals surface area (Å²) < 4.78 is 5.18. The van der Waals surface area contributed by atoms with E-state index in [1.165, 1.54) is 14.0 Å². The zero-order chi connectivity index (χ0) is 16.4. The smallest absolute Gasteiger partial charge is 0.276 e. The van der Waals surface area contributed by atoms with E-state index in [0.717, 1.165) is 18.5 Å². The Morgan fingerprint density at radius 2 is 2.04 bits per heavy atom. The Morgan fingerprint density at radius 1 is 1.26 bits per heavy atom. The molecule has 7 heteroatoms. The standard InChI is InChI=1S/C16H18N4O3/c1-9(21)17-13-7-11(5-6-15(13)23-2)18-16(22)14-8-12(19-20-14)10-3-4-10/h5-8,10H,3-4H2,1-2H3,(H,17,21)(H,18,22)(H,19,20). The van der Waals surface area contributed by atoms with Crippen molar-refractivity contribution in [1.82, 2.24) is 10.2 Å². The molecule has 0 unspecified atom stereocenters. The van der Waals surface area contributed by atoms with Crippen molar-refractivity contribution in [2.75, 3.05) is 17.7 Å². The molecule has 2 amide bonds. The van der Waals surface area contributed by atoms with Crippen molar-refractivity contribution in [3.05, 3.63) is 35.7 Å². The first-order valence-corrected chi connectivity index (χ1v) is 7.39. The largest absolute Gasteiger partial charge is 0.495 e. The first-order valence-electron chi connectivity index (χ1n) is 7.39. The molecule has 2 aromatic rings. The molecule has 1 saturated carbocycles. The van der Waals surface area contributed by atoms with E-state index >= 15 is 0 Å². The van der Waals surface area contributed by atoms with Gasteiger partial charge in [-0.1, -0.05) is 0 Å².